The molecule has 0 aliphatic carbocycles. The number of esters is 1. The van der Waals surface area contributed by atoms with Crippen LogP contribution in [0.1, 0.15) is 6.92 Å². The summed E-state index contributed by atoms with van der Waals surface area (Å²) in [4.78, 5) is 24.0. The highest BCUT2D eigenvalue weighted by Gasteiger charge is 2.24. The van der Waals surface area contributed by atoms with E-state index in [1.807, 2.05) is 0 Å². The van der Waals surface area contributed by atoms with Gasteiger partial charge in [0.2, 0.25) is 0 Å². The minimum atomic E-state index is -0.444. The lowest BCUT2D eigenvalue weighted by Crippen LogP contribution is -2.25. The number of nitrogens with one attached hydrogen (secondary N) is 1. The molecule has 5 nitrogen and oxygen atoms in total. The molecular weight excluding hydrogens is 196 g/mol. The molecule has 1 heterocycles. The van der Waals surface area contributed by atoms with Crippen molar-refractivity contribution in [1.29, 1.82) is 0 Å². The molecule has 0 spiro atoms. The zero-order chi connectivity index (χ0) is 11.4. The molecule has 1 amide bonds. The van der Waals surface area contributed by atoms with Gasteiger partial charge in [0, 0.05) is 20.2 Å². The van der Waals surface area contributed by atoms with Crippen molar-refractivity contribution < 1.29 is 14.3 Å². The van der Waals surface area contributed by atoms with Crippen LogP contribution in [0.3, 0.4) is 0 Å². The van der Waals surface area contributed by atoms with Gasteiger partial charge in [-0.15, -0.1) is 0 Å². The molecule has 5 heteroatoms. The van der Waals surface area contributed by atoms with Gasteiger partial charge in [0.05, 0.1) is 12.3 Å². The molecule has 1 N–H and O–H groups in total. The van der Waals surface area contributed by atoms with Crippen LogP contribution in [0.25, 0.3) is 0 Å². The molecule has 0 aromatic heterocycles. The second-order valence-corrected chi connectivity index (χ2v) is 2.99. The molecule has 0 bridgehead atoms. The van der Waals surface area contributed by atoms with E-state index in [0.717, 1.165) is 0 Å². The Kier molecular flexibility index (Phi) is 3.49. The minimum Gasteiger partial charge on any atom is -0.463 e. The van der Waals surface area contributed by atoms with Gasteiger partial charge in [-0.1, -0.05) is 0 Å². The number of rotatable bonds is 3. The largest absolute Gasteiger partial charge is 0.463 e. The molecular formula is C10H14N2O3. The standard InChI is InChI=1S/C10H14N2O3/c1-4-15-9(13)6-7-5-8(11-2)10(14)12(7)3/h5-6,11H,4H2,1-3H3/b7-6+. The molecule has 15 heavy (non-hydrogen) atoms. The topological polar surface area (TPSA) is 58.6 Å². The van der Waals surface area contributed by atoms with E-state index in [-0.39, 0.29) is 5.91 Å². The summed E-state index contributed by atoms with van der Waals surface area (Å²) in [6.45, 7) is 2.05. The summed E-state index contributed by atoms with van der Waals surface area (Å²) in [5.41, 5.74) is 0.996. The fourth-order valence-corrected chi connectivity index (χ4v) is 1.23. The Balaban J connectivity index is 2.84. The molecule has 1 aliphatic rings. The van der Waals surface area contributed by atoms with Crippen molar-refractivity contribution in [2.45, 2.75) is 6.92 Å². The van der Waals surface area contributed by atoms with Crippen molar-refractivity contribution in [2.24, 2.45) is 0 Å². The van der Waals surface area contributed by atoms with Crippen molar-refractivity contribution in [3.8, 4) is 0 Å². The maximum Gasteiger partial charge on any atom is 0.332 e. The van der Waals surface area contributed by atoms with Crippen molar-refractivity contribution in [3.05, 3.63) is 23.5 Å². The van der Waals surface area contributed by atoms with Gasteiger partial charge >= 0.3 is 5.97 Å². The van der Waals surface area contributed by atoms with Gasteiger partial charge in [0.15, 0.2) is 0 Å². The number of carbonyl (C=O) groups is 2. The van der Waals surface area contributed by atoms with Crippen LogP contribution >= 0.6 is 0 Å². The van der Waals surface area contributed by atoms with E-state index in [9.17, 15) is 9.59 Å². The Bertz CT molecular complexity index is 345. The van der Waals surface area contributed by atoms with E-state index < -0.39 is 5.97 Å². The quantitative estimate of drug-likeness (QED) is 0.526. The Hall–Kier alpha value is -1.78. The van der Waals surface area contributed by atoms with Crippen molar-refractivity contribution in [2.75, 3.05) is 20.7 Å². The molecule has 0 unspecified atom stereocenters. The van der Waals surface area contributed by atoms with Crippen LogP contribution in [0.5, 0.6) is 0 Å². The third-order valence-electron chi connectivity index (χ3n) is 2.04. The number of likely N-dealkylation sites (N-methyl/N-ethyl adjacent to an activating group) is 2. The first-order valence-corrected chi connectivity index (χ1v) is 4.66. The summed E-state index contributed by atoms with van der Waals surface area (Å²) in [5, 5.41) is 2.76. The van der Waals surface area contributed by atoms with Gasteiger partial charge < -0.3 is 15.0 Å². The average molecular weight is 210 g/mol. The molecule has 0 aromatic rings. The van der Waals surface area contributed by atoms with Crippen LogP contribution in [0.2, 0.25) is 0 Å². The smallest absolute Gasteiger partial charge is 0.332 e. The van der Waals surface area contributed by atoms with Crippen molar-refractivity contribution >= 4 is 11.9 Å². The van der Waals surface area contributed by atoms with Crippen LogP contribution in [0.15, 0.2) is 23.5 Å². The maximum absolute atomic E-state index is 11.5. The van der Waals surface area contributed by atoms with E-state index in [2.05, 4.69) is 5.32 Å². The molecule has 82 valence electrons. The summed E-state index contributed by atoms with van der Waals surface area (Å²) < 4.78 is 4.75. The first kappa shape index (κ1) is 11.3. The second-order valence-electron chi connectivity index (χ2n) is 2.99. The van der Waals surface area contributed by atoms with E-state index in [1.165, 1.54) is 11.0 Å². The normalized spacial score (nSPS) is 18.1. The van der Waals surface area contributed by atoms with Crippen LogP contribution in [0, 0.1) is 0 Å². The molecule has 0 aromatic carbocycles. The number of amides is 1. The highest BCUT2D eigenvalue weighted by atomic mass is 16.5. The Morgan fingerprint density at radius 2 is 2.33 bits per heavy atom. The second kappa shape index (κ2) is 4.63. The maximum atomic E-state index is 11.5. The van der Waals surface area contributed by atoms with E-state index in [0.29, 0.717) is 18.0 Å². The van der Waals surface area contributed by atoms with Crippen LogP contribution in [-0.2, 0) is 14.3 Å². The van der Waals surface area contributed by atoms with E-state index in [4.69, 9.17) is 4.74 Å². The Morgan fingerprint density at radius 1 is 1.67 bits per heavy atom. The summed E-state index contributed by atoms with van der Waals surface area (Å²) in [6, 6.07) is 0. The lowest BCUT2D eigenvalue weighted by atomic mass is 10.3. The lowest BCUT2D eigenvalue weighted by molar-refractivity contribution is -0.137. The summed E-state index contributed by atoms with van der Waals surface area (Å²) in [5.74, 6) is -0.603. The van der Waals surface area contributed by atoms with Gasteiger partial charge in [0.25, 0.3) is 5.91 Å². The monoisotopic (exact) mass is 210 g/mol. The average Bonchev–Trinajstić information content (AvgIpc) is 2.46. The van der Waals surface area contributed by atoms with Gasteiger partial charge in [-0.25, -0.2) is 4.79 Å². The van der Waals surface area contributed by atoms with Gasteiger partial charge in [-0.2, -0.15) is 0 Å². The summed E-state index contributed by atoms with van der Waals surface area (Å²) >= 11 is 0. The lowest BCUT2D eigenvalue weighted by Gasteiger charge is -2.10. The molecule has 0 atom stereocenters. The zero-order valence-electron chi connectivity index (χ0n) is 9.03. The van der Waals surface area contributed by atoms with Crippen molar-refractivity contribution in [3.63, 3.8) is 0 Å². The van der Waals surface area contributed by atoms with Gasteiger partial charge in [-0.05, 0) is 13.0 Å². The molecule has 0 saturated carbocycles. The number of carbonyl (C=O) groups excluding carboxylic acids is 2. The fraction of sp³-hybridized carbons (Fsp3) is 0.400. The van der Waals surface area contributed by atoms with E-state index >= 15 is 0 Å². The first-order valence-electron chi connectivity index (χ1n) is 4.66. The third-order valence-corrected chi connectivity index (χ3v) is 2.04. The Morgan fingerprint density at radius 3 is 2.80 bits per heavy atom. The third kappa shape index (κ3) is 2.37. The number of hydrogen-bond acceptors (Lipinski definition) is 4. The van der Waals surface area contributed by atoms with E-state index in [1.54, 1.807) is 27.1 Å². The summed E-state index contributed by atoms with van der Waals surface area (Å²) in [6.07, 6.45) is 2.91. The molecule has 0 fully saturated rings. The van der Waals surface area contributed by atoms with Crippen LogP contribution < -0.4 is 5.32 Å². The molecule has 0 saturated heterocycles. The zero-order valence-corrected chi connectivity index (χ0v) is 9.03. The molecule has 0 radical (unpaired) electrons. The summed E-state index contributed by atoms with van der Waals surface area (Å²) in [7, 11) is 3.26. The number of nitrogens with zero attached hydrogens (tertiary/aromatic N) is 1. The Labute approximate surface area is 88.4 Å². The minimum absolute atomic E-state index is 0.159. The number of ether oxygens (including phenoxy) is 1. The molecule has 1 aliphatic heterocycles. The predicted molar refractivity (Wildman–Crippen MR) is 54.6 cm³/mol. The molecule has 1 rings (SSSR count). The van der Waals surface area contributed by atoms with Crippen molar-refractivity contribution in [1.82, 2.24) is 10.2 Å². The number of hydrogen-bond donors (Lipinski definition) is 1. The number of allylic oxidation sites excluding steroid dienone is 1. The van der Waals surface area contributed by atoms with Gasteiger partial charge in [-0.3, -0.25) is 4.79 Å². The highest BCUT2D eigenvalue weighted by Crippen LogP contribution is 2.17. The van der Waals surface area contributed by atoms with Crippen LogP contribution in [0.4, 0.5) is 0 Å². The highest BCUT2D eigenvalue weighted by molar-refractivity contribution is 5.99. The SMILES string of the molecule is CCOC(=O)/C=C1\C=C(NC)C(=O)N1C. The fourth-order valence-electron chi connectivity index (χ4n) is 1.23. The first-order chi connectivity index (χ1) is 7.10. The van der Waals surface area contributed by atoms with Gasteiger partial charge in [0.1, 0.15) is 5.70 Å². The van der Waals surface area contributed by atoms with Crippen LogP contribution in [-0.4, -0.2) is 37.5 Å². The predicted octanol–water partition coefficient (Wildman–Crippen LogP) is 0.00870.